The van der Waals surface area contributed by atoms with E-state index in [1.54, 1.807) is 24.3 Å². The lowest BCUT2D eigenvalue weighted by Gasteiger charge is -2.17. The van der Waals surface area contributed by atoms with Crippen molar-refractivity contribution in [1.82, 2.24) is 5.32 Å². The van der Waals surface area contributed by atoms with Gasteiger partial charge in [0, 0.05) is 24.1 Å². The standard InChI is InChI=1S/C31H35NO8S2/c1-22-7-15-27(16-8-22)41(37,38)20-26(21-42(39,40)28-17-9-23(2)10-18-28)30(35)24-11-13-25(14-12-24)31(36)32-19-5-3-4-6-29(33)34/h7-18,26H,3-6,19-21H2,1-2H3,(H,32,36)(H,33,34). The van der Waals surface area contributed by atoms with Gasteiger partial charge in [-0.1, -0.05) is 53.9 Å². The molecule has 0 aliphatic rings. The molecule has 9 nitrogen and oxygen atoms in total. The number of unbranched alkanes of at least 4 members (excludes halogenated alkanes) is 2. The third-order valence-corrected chi connectivity index (χ3v) is 10.4. The second-order valence-corrected chi connectivity index (χ2v) is 14.4. The van der Waals surface area contributed by atoms with Gasteiger partial charge in [-0.3, -0.25) is 14.4 Å². The van der Waals surface area contributed by atoms with Crippen LogP contribution in [0.15, 0.2) is 82.6 Å². The van der Waals surface area contributed by atoms with Gasteiger partial charge < -0.3 is 10.4 Å². The average Bonchev–Trinajstić information content (AvgIpc) is 2.94. The lowest BCUT2D eigenvalue weighted by Crippen LogP contribution is -2.31. The van der Waals surface area contributed by atoms with E-state index in [-0.39, 0.29) is 33.2 Å². The lowest BCUT2D eigenvalue weighted by molar-refractivity contribution is -0.137. The number of sulfone groups is 2. The molecule has 0 aliphatic carbocycles. The molecule has 3 rings (SSSR count). The molecule has 0 saturated heterocycles. The van der Waals surface area contributed by atoms with Crippen LogP contribution in [0.25, 0.3) is 0 Å². The fourth-order valence-electron chi connectivity index (χ4n) is 4.32. The Labute approximate surface area is 246 Å². The third kappa shape index (κ3) is 9.35. The van der Waals surface area contributed by atoms with E-state index < -0.39 is 48.9 Å². The van der Waals surface area contributed by atoms with Gasteiger partial charge in [0.2, 0.25) is 0 Å². The topological polar surface area (TPSA) is 152 Å². The first kappa shape index (κ1) is 32.7. The summed E-state index contributed by atoms with van der Waals surface area (Å²) in [6.45, 7) is 3.97. The van der Waals surface area contributed by atoms with Crippen molar-refractivity contribution in [2.24, 2.45) is 5.92 Å². The second-order valence-electron chi connectivity index (χ2n) is 10.3. The van der Waals surface area contributed by atoms with Crippen LogP contribution in [0.3, 0.4) is 0 Å². The molecule has 0 unspecified atom stereocenters. The van der Waals surface area contributed by atoms with Crippen molar-refractivity contribution >= 4 is 37.3 Å². The molecule has 0 saturated carbocycles. The van der Waals surface area contributed by atoms with Crippen molar-refractivity contribution in [3.8, 4) is 0 Å². The second kappa shape index (κ2) is 14.4. The van der Waals surface area contributed by atoms with Gasteiger partial charge in [-0.25, -0.2) is 16.8 Å². The van der Waals surface area contributed by atoms with Gasteiger partial charge in [0.15, 0.2) is 25.5 Å². The molecule has 0 bridgehead atoms. The van der Waals surface area contributed by atoms with Gasteiger partial charge in [0.25, 0.3) is 5.91 Å². The minimum atomic E-state index is -4.02. The number of carbonyl (C=O) groups is 3. The van der Waals surface area contributed by atoms with Crippen LogP contribution in [0.5, 0.6) is 0 Å². The van der Waals surface area contributed by atoms with Crippen LogP contribution in [0.4, 0.5) is 0 Å². The Kier molecular flexibility index (Phi) is 11.2. The minimum Gasteiger partial charge on any atom is -0.481 e. The minimum absolute atomic E-state index is 0.00591. The first-order chi connectivity index (χ1) is 19.8. The van der Waals surface area contributed by atoms with Crippen LogP contribution in [-0.4, -0.2) is 57.7 Å². The van der Waals surface area contributed by atoms with Crippen molar-refractivity contribution < 1.29 is 36.3 Å². The molecule has 224 valence electrons. The Bertz CT molecular complexity index is 1530. The maximum atomic E-state index is 13.6. The number of carboxylic acid groups (broad SMARTS) is 1. The quantitative estimate of drug-likeness (QED) is 0.189. The van der Waals surface area contributed by atoms with E-state index in [9.17, 15) is 31.2 Å². The predicted molar refractivity (Wildman–Crippen MR) is 159 cm³/mol. The number of hydrogen-bond acceptors (Lipinski definition) is 7. The Morgan fingerprint density at radius 1 is 0.667 bits per heavy atom. The maximum Gasteiger partial charge on any atom is 0.303 e. The van der Waals surface area contributed by atoms with Crippen LogP contribution < -0.4 is 5.32 Å². The number of rotatable bonds is 15. The van der Waals surface area contributed by atoms with Crippen molar-refractivity contribution in [3.63, 3.8) is 0 Å². The summed E-state index contributed by atoms with van der Waals surface area (Å²) in [5.74, 6) is -4.71. The van der Waals surface area contributed by atoms with Crippen LogP contribution in [0, 0.1) is 19.8 Å². The van der Waals surface area contributed by atoms with Crippen LogP contribution in [0.2, 0.25) is 0 Å². The van der Waals surface area contributed by atoms with Gasteiger partial charge in [-0.05, 0) is 63.1 Å². The number of carboxylic acids is 1. The van der Waals surface area contributed by atoms with Crippen molar-refractivity contribution in [2.45, 2.75) is 49.3 Å². The fourth-order valence-corrected chi connectivity index (χ4v) is 7.55. The Hall–Kier alpha value is -3.83. The third-order valence-electron chi connectivity index (χ3n) is 6.76. The van der Waals surface area contributed by atoms with Gasteiger partial charge in [0.05, 0.1) is 27.2 Å². The molecule has 3 aromatic rings. The molecule has 1 amide bonds. The van der Waals surface area contributed by atoms with Gasteiger partial charge in [-0.2, -0.15) is 0 Å². The SMILES string of the molecule is Cc1ccc(S(=O)(=O)CC(CS(=O)(=O)c2ccc(C)cc2)C(=O)c2ccc(C(=O)NCCCCCC(=O)O)cc2)cc1. The first-order valence-electron chi connectivity index (χ1n) is 13.5. The van der Waals surface area contributed by atoms with E-state index in [0.29, 0.717) is 25.8 Å². The number of hydrogen-bond donors (Lipinski definition) is 2. The molecular weight excluding hydrogens is 578 g/mol. The number of carbonyl (C=O) groups excluding carboxylic acids is 2. The Morgan fingerprint density at radius 3 is 1.57 bits per heavy atom. The maximum absolute atomic E-state index is 13.6. The highest BCUT2D eigenvalue weighted by Crippen LogP contribution is 2.23. The zero-order chi connectivity index (χ0) is 30.9. The van der Waals surface area contributed by atoms with Gasteiger partial charge in [-0.15, -0.1) is 0 Å². The molecule has 2 N–H and O–H groups in total. The van der Waals surface area contributed by atoms with Crippen molar-refractivity contribution in [1.29, 1.82) is 0 Å². The van der Waals surface area contributed by atoms with E-state index in [0.717, 1.165) is 11.1 Å². The van der Waals surface area contributed by atoms with E-state index in [1.165, 1.54) is 48.5 Å². The van der Waals surface area contributed by atoms with Crippen molar-refractivity contribution in [2.75, 3.05) is 18.1 Å². The van der Waals surface area contributed by atoms with E-state index in [1.807, 2.05) is 13.8 Å². The zero-order valence-corrected chi connectivity index (χ0v) is 25.2. The average molecular weight is 614 g/mol. The predicted octanol–water partition coefficient (Wildman–Crippen LogP) is 4.42. The number of ketones is 1. The summed E-state index contributed by atoms with van der Waals surface area (Å²) < 4.78 is 53.1. The monoisotopic (exact) mass is 613 g/mol. The van der Waals surface area contributed by atoms with Crippen LogP contribution in [-0.2, 0) is 24.5 Å². The number of aliphatic carboxylic acids is 1. The fraction of sp³-hybridized carbons (Fsp3) is 0.323. The molecule has 0 spiro atoms. The summed E-state index contributed by atoms with van der Waals surface area (Å²) in [6, 6.07) is 17.9. The van der Waals surface area contributed by atoms with Crippen LogP contribution in [0.1, 0.15) is 57.5 Å². The largest absolute Gasteiger partial charge is 0.481 e. The first-order valence-corrected chi connectivity index (χ1v) is 16.8. The van der Waals surface area contributed by atoms with E-state index >= 15 is 0 Å². The molecular formula is C31H35NO8S2. The lowest BCUT2D eigenvalue weighted by atomic mass is 9.99. The number of aryl methyl sites for hydroxylation is 2. The molecule has 42 heavy (non-hydrogen) atoms. The highest BCUT2D eigenvalue weighted by molar-refractivity contribution is 7.92. The molecule has 0 fully saturated rings. The van der Waals surface area contributed by atoms with Crippen molar-refractivity contribution in [3.05, 3.63) is 95.1 Å². The Balaban J connectivity index is 1.79. The number of Topliss-reactive ketones (excluding diaryl/α,β-unsaturated/α-hetero) is 1. The van der Waals surface area contributed by atoms with E-state index in [2.05, 4.69) is 5.32 Å². The summed E-state index contributed by atoms with van der Waals surface area (Å²) in [4.78, 5) is 36.7. The zero-order valence-electron chi connectivity index (χ0n) is 23.6. The highest BCUT2D eigenvalue weighted by atomic mass is 32.2. The summed E-state index contributed by atoms with van der Waals surface area (Å²) >= 11 is 0. The molecule has 0 aliphatic heterocycles. The summed E-state index contributed by atoms with van der Waals surface area (Å²) in [6.07, 6.45) is 1.85. The smallest absolute Gasteiger partial charge is 0.303 e. The number of nitrogens with one attached hydrogen (secondary N) is 1. The molecule has 0 atom stereocenters. The number of benzene rings is 3. The van der Waals surface area contributed by atoms with Gasteiger partial charge >= 0.3 is 5.97 Å². The molecule has 3 aromatic carbocycles. The molecule has 0 radical (unpaired) electrons. The number of amides is 1. The summed E-state index contributed by atoms with van der Waals surface area (Å²) in [7, 11) is -8.03. The molecule has 11 heteroatoms. The summed E-state index contributed by atoms with van der Waals surface area (Å²) in [5, 5.41) is 11.4. The highest BCUT2D eigenvalue weighted by Gasteiger charge is 2.32. The van der Waals surface area contributed by atoms with Crippen LogP contribution >= 0.6 is 0 Å². The van der Waals surface area contributed by atoms with E-state index in [4.69, 9.17) is 5.11 Å². The van der Waals surface area contributed by atoms with Gasteiger partial charge in [0.1, 0.15) is 0 Å². The molecule has 0 aromatic heterocycles. The normalized spacial score (nSPS) is 11.8. The summed E-state index contributed by atoms with van der Waals surface area (Å²) in [5.41, 5.74) is 2.06. The molecule has 0 heterocycles. The Morgan fingerprint density at radius 2 is 1.12 bits per heavy atom.